The second kappa shape index (κ2) is 6.90. The highest BCUT2D eigenvalue weighted by molar-refractivity contribution is 9.10. The van der Waals surface area contributed by atoms with Crippen molar-refractivity contribution >= 4 is 43.5 Å². The number of carbonyl (C=O) groups excluding carboxylic acids is 1. The van der Waals surface area contributed by atoms with Gasteiger partial charge in [-0.2, -0.15) is 0 Å². The van der Waals surface area contributed by atoms with E-state index in [-0.39, 0.29) is 17.0 Å². The van der Waals surface area contributed by atoms with Crippen molar-refractivity contribution in [2.45, 2.75) is 13.0 Å². The number of rotatable bonds is 5. The van der Waals surface area contributed by atoms with Gasteiger partial charge in [0.2, 0.25) is 0 Å². The van der Waals surface area contributed by atoms with Crippen LogP contribution in [0.25, 0.3) is 0 Å². The number of hydrogen-bond donors (Lipinski definition) is 3. The molecule has 0 fully saturated rings. The fraction of sp³-hybridized carbons (Fsp3) is 0.333. The summed E-state index contributed by atoms with van der Waals surface area (Å²) in [5, 5.41) is 13.8. The number of sulfone groups is 1. The van der Waals surface area contributed by atoms with Gasteiger partial charge in [0.05, 0.1) is 17.0 Å². The molecule has 0 aromatic heterocycles. The third-order valence-corrected chi connectivity index (χ3v) is 4.19. The molecule has 0 spiro atoms. The number of halogens is 1. The fourth-order valence-corrected chi connectivity index (χ4v) is 2.97. The van der Waals surface area contributed by atoms with Crippen molar-refractivity contribution in [3.8, 4) is 0 Å². The lowest BCUT2D eigenvalue weighted by atomic mass is 10.2. The lowest BCUT2D eigenvalue weighted by Crippen LogP contribution is -2.40. The molecule has 0 heterocycles. The molecule has 0 bridgehead atoms. The Labute approximate surface area is 130 Å². The minimum absolute atomic E-state index is 0.0256. The topological polar surface area (TPSA) is 113 Å². The summed E-state index contributed by atoms with van der Waals surface area (Å²) in [4.78, 5) is 22.6. The van der Waals surface area contributed by atoms with E-state index in [4.69, 9.17) is 5.11 Å². The van der Waals surface area contributed by atoms with Crippen LogP contribution in [-0.4, -0.2) is 43.6 Å². The minimum atomic E-state index is -3.20. The van der Waals surface area contributed by atoms with Gasteiger partial charge in [-0.05, 0) is 41.1 Å². The molecule has 0 aliphatic heterocycles. The summed E-state index contributed by atoms with van der Waals surface area (Å²) in [5.74, 6) is -1.30. The van der Waals surface area contributed by atoms with Crippen LogP contribution in [0.1, 0.15) is 17.3 Å². The Kier molecular flexibility index (Phi) is 5.73. The summed E-state index contributed by atoms with van der Waals surface area (Å²) in [6.45, 7) is 1.56. The standard InChI is InChI=1S/C12H15BrN2O5S/c1-7(6-21(2,19)20)14-12(18)15-10-5-8(11(16)17)3-4-9(10)13/h3-5,7H,6H2,1-2H3,(H,16,17)(H2,14,15,18). The quantitative estimate of drug-likeness (QED) is 0.721. The molecular weight excluding hydrogens is 364 g/mol. The van der Waals surface area contributed by atoms with E-state index in [2.05, 4.69) is 26.6 Å². The maximum Gasteiger partial charge on any atom is 0.335 e. The molecule has 0 aliphatic carbocycles. The van der Waals surface area contributed by atoms with Crippen molar-refractivity contribution in [3.05, 3.63) is 28.2 Å². The van der Waals surface area contributed by atoms with Crippen LogP contribution in [0.4, 0.5) is 10.5 Å². The number of benzene rings is 1. The Morgan fingerprint density at radius 2 is 2.00 bits per heavy atom. The molecule has 1 aromatic carbocycles. The summed E-state index contributed by atoms with van der Waals surface area (Å²) >= 11 is 3.19. The molecule has 116 valence electrons. The van der Waals surface area contributed by atoms with Gasteiger partial charge in [0, 0.05) is 16.8 Å². The van der Waals surface area contributed by atoms with Gasteiger partial charge in [-0.1, -0.05) is 0 Å². The highest BCUT2D eigenvalue weighted by Gasteiger charge is 2.14. The molecule has 0 aliphatic rings. The monoisotopic (exact) mass is 378 g/mol. The first-order valence-electron chi connectivity index (χ1n) is 5.86. The maximum atomic E-state index is 11.8. The van der Waals surface area contributed by atoms with Crippen LogP contribution in [0, 0.1) is 0 Å². The number of nitrogens with one attached hydrogen (secondary N) is 2. The predicted octanol–water partition coefficient (Wildman–Crippen LogP) is 1.70. The molecule has 3 N–H and O–H groups in total. The molecule has 9 heteroatoms. The summed E-state index contributed by atoms with van der Waals surface area (Å²) in [5.41, 5.74) is 0.302. The molecule has 21 heavy (non-hydrogen) atoms. The van der Waals surface area contributed by atoms with Crippen molar-refractivity contribution in [2.75, 3.05) is 17.3 Å². The fourth-order valence-electron chi connectivity index (χ4n) is 1.63. The number of urea groups is 1. The second-order valence-corrected chi connectivity index (χ2v) is 7.63. The van der Waals surface area contributed by atoms with Gasteiger partial charge in [0.15, 0.2) is 0 Å². The summed E-state index contributed by atoms with van der Waals surface area (Å²) in [6, 6.07) is 3.00. The number of carbonyl (C=O) groups is 2. The lowest BCUT2D eigenvalue weighted by molar-refractivity contribution is 0.0697. The molecular formula is C12H15BrN2O5S. The van der Waals surface area contributed by atoms with Crippen molar-refractivity contribution in [1.82, 2.24) is 5.32 Å². The van der Waals surface area contributed by atoms with Gasteiger partial charge in [-0.3, -0.25) is 0 Å². The molecule has 1 rings (SSSR count). The number of carboxylic acids is 1. The zero-order valence-corrected chi connectivity index (χ0v) is 13.8. The van der Waals surface area contributed by atoms with Gasteiger partial charge in [0.1, 0.15) is 9.84 Å². The average molecular weight is 379 g/mol. The minimum Gasteiger partial charge on any atom is -0.478 e. The van der Waals surface area contributed by atoms with Crippen LogP contribution >= 0.6 is 15.9 Å². The average Bonchev–Trinajstić information content (AvgIpc) is 2.28. The number of amides is 2. The molecule has 1 atom stereocenters. The Balaban J connectivity index is 2.75. The van der Waals surface area contributed by atoms with Crippen molar-refractivity contribution in [2.24, 2.45) is 0 Å². The third-order valence-electron chi connectivity index (χ3n) is 2.39. The van der Waals surface area contributed by atoms with Gasteiger partial charge in [0.25, 0.3) is 0 Å². The number of hydrogen-bond acceptors (Lipinski definition) is 4. The van der Waals surface area contributed by atoms with E-state index in [1.807, 2.05) is 0 Å². The summed E-state index contributed by atoms with van der Waals surface area (Å²) in [6.07, 6.45) is 1.08. The van der Waals surface area contributed by atoms with Crippen LogP contribution in [0.2, 0.25) is 0 Å². The van der Waals surface area contributed by atoms with Gasteiger partial charge >= 0.3 is 12.0 Å². The highest BCUT2D eigenvalue weighted by atomic mass is 79.9. The largest absolute Gasteiger partial charge is 0.478 e. The molecule has 0 saturated carbocycles. The summed E-state index contributed by atoms with van der Waals surface area (Å²) < 4.78 is 22.7. The first-order chi connectivity index (χ1) is 9.58. The molecule has 1 unspecified atom stereocenters. The summed E-state index contributed by atoms with van der Waals surface area (Å²) in [7, 11) is -3.20. The first-order valence-corrected chi connectivity index (χ1v) is 8.72. The number of aromatic carboxylic acids is 1. The highest BCUT2D eigenvalue weighted by Crippen LogP contribution is 2.23. The van der Waals surface area contributed by atoms with E-state index in [0.717, 1.165) is 6.26 Å². The smallest absolute Gasteiger partial charge is 0.335 e. The first kappa shape index (κ1) is 17.4. The molecule has 0 radical (unpaired) electrons. The number of carboxylic acid groups (broad SMARTS) is 1. The Morgan fingerprint density at radius 1 is 1.38 bits per heavy atom. The van der Waals surface area contributed by atoms with Crippen LogP contribution in [0.15, 0.2) is 22.7 Å². The van der Waals surface area contributed by atoms with Crippen LogP contribution in [0.3, 0.4) is 0 Å². The van der Waals surface area contributed by atoms with Crippen LogP contribution in [0.5, 0.6) is 0 Å². The van der Waals surface area contributed by atoms with Gasteiger partial charge in [-0.15, -0.1) is 0 Å². The van der Waals surface area contributed by atoms with Gasteiger partial charge in [-0.25, -0.2) is 18.0 Å². The van der Waals surface area contributed by atoms with E-state index < -0.39 is 27.9 Å². The van der Waals surface area contributed by atoms with Crippen molar-refractivity contribution in [1.29, 1.82) is 0 Å². The molecule has 7 nitrogen and oxygen atoms in total. The van der Waals surface area contributed by atoms with E-state index in [0.29, 0.717) is 4.47 Å². The third kappa shape index (κ3) is 6.13. The van der Waals surface area contributed by atoms with E-state index >= 15 is 0 Å². The molecule has 1 aromatic rings. The second-order valence-electron chi connectivity index (χ2n) is 4.59. The Bertz CT molecular complexity index is 660. The van der Waals surface area contributed by atoms with E-state index in [1.54, 1.807) is 6.92 Å². The SMILES string of the molecule is CC(CS(C)(=O)=O)NC(=O)Nc1cc(C(=O)O)ccc1Br. The lowest BCUT2D eigenvalue weighted by Gasteiger charge is -2.14. The molecule has 0 saturated heterocycles. The maximum absolute atomic E-state index is 11.8. The number of anilines is 1. The normalized spacial score (nSPS) is 12.5. The van der Waals surface area contributed by atoms with Crippen LogP contribution < -0.4 is 10.6 Å². The van der Waals surface area contributed by atoms with E-state index in [9.17, 15) is 18.0 Å². The zero-order valence-electron chi connectivity index (χ0n) is 11.4. The zero-order chi connectivity index (χ0) is 16.2. The predicted molar refractivity (Wildman–Crippen MR) is 82.4 cm³/mol. The van der Waals surface area contributed by atoms with Gasteiger partial charge < -0.3 is 15.7 Å². The Hall–Kier alpha value is -1.61. The Morgan fingerprint density at radius 3 is 2.52 bits per heavy atom. The van der Waals surface area contributed by atoms with Crippen LogP contribution in [-0.2, 0) is 9.84 Å². The van der Waals surface area contributed by atoms with E-state index in [1.165, 1.54) is 18.2 Å². The van der Waals surface area contributed by atoms with Crippen molar-refractivity contribution < 1.29 is 23.1 Å². The van der Waals surface area contributed by atoms with Crippen molar-refractivity contribution in [3.63, 3.8) is 0 Å². The molecule has 2 amide bonds.